The molecule has 13 heavy (non-hydrogen) atoms. The highest BCUT2D eigenvalue weighted by atomic mass is 32.2. The van der Waals surface area contributed by atoms with Crippen LogP contribution in [0.15, 0.2) is 0 Å². The van der Waals surface area contributed by atoms with E-state index in [4.69, 9.17) is 4.74 Å². The molecule has 0 aromatic carbocycles. The molecular formula is C10H21NOS. The normalized spacial score (nSPS) is 21.7. The molecule has 0 amide bonds. The van der Waals surface area contributed by atoms with Gasteiger partial charge >= 0.3 is 0 Å². The van der Waals surface area contributed by atoms with Crippen molar-refractivity contribution >= 4 is 11.8 Å². The van der Waals surface area contributed by atoms with E-state index in [1.54, 1.807) is 0 Å². The second-order valence-corrected chi connectivity index (χ2v) is 4.61. The minimum absolute atomic E-state index is 0.705. The Morgan fingerprint density at radius 2 is 2.15 bits per heavy atom. The van der Waals surface area contributed by atoms with Crippen LogP contribution >= 0.6 is 11.8 Å². The van der Waals surface area contributed by atoms with E-state index in [0.717, 1.165) is 19.1 Å². The molecule has 78 valence electrons. The molecular weight excluding hydrogens is 182 g/mol. The first-order chi connectivity index (χ1) is 6.38. The van der Waals surface area contributed by atoms with Gasteiger partial charge in [0, 0.05) is 19.3 Å². The average molecular weight is 203 g/mol. The fourth-order valence-corrected chi connectivity index (χ4v) is 2.47. The zero-order valence-electron chi connectivity index (χ0n) is 8.71. The highest BCUT2D eigenvalue weighted by molar-refractivity contribution is 7.98. The lowest BCUT2D eigenvalue weighted by atomic mass is 9.90. The van der Waals surface area contributed by atoms with Gasteiger partial charge in [0.15, 0.2) is 0 Å². The molecule has 0 spiro atoms. The van der Waals surface area contributed by atoms with E-state index >= 15 is 0 Å². The van der Waals surface area contributed by atoms with Crippen LogP contribution in [0.1, 0.15) is 19.3 Å². The van der Waals surface area contributed by atoms with Gasteiger partial charge in [0.2, 0.25) is 0 Å². The minimum atomic E-state index is 0.705. The van der Waals surface area contributed by atoms with Crippen LogP contribution in [0, 0.1) is 5.92 Å². The van der Waals surface area contributed by atoms with Crippen LogP contribution in [-0.4, -0.2) is 38.3 Å². The van der Waals surface area contributed by atoms with Gasteiger partial charge < -0.3 is 10.1 Å². The summed E-state index contributed by atoms with van der Waals surface area (Å²) in [7, 11) is 2.08. The molecule has 0 aromatic rings. The molecule has 3 heteroatoms. The van der Waals surface area contributed by atoms with E-state index in [9.17, 15) is 0 Å². The first kappa shape index (κ1) is 11.3. The van der Waals surface area contributed by atoms with E-state index in [0.29, 0.717) is 6.04 Å². The molecule has 0 saturated carbocycles. The molecule has 0 radical (unpaired) electrons. The zero-order chi connectivity index (χ0) is 9.52. The third-order valence-electron chi connectivity index (χ3n) is 2.84. The summed E-state index contributed by atoms with van der Waals surface area (Å²) >= 11 is 1.94. The van der Waals surface area contributed by atoms with Crippen LogP contribution < -0.4 is 5.32 Å². The number of hydrogen-bond donors (Lipinski definition) is 1. The Balaban J connectivity index is 2.26. The number of hydrogen-bond acceptors (Lipinski definition) is 3. The van der Waals surface area contributed by atoms with E-state index in [-0.39, 0.29) is 0 Å². The largest absolute Gasteiger partial charge is 0.381 e. The first-order valence-electron chi connectivity index (χ1n) is 5.12. The van der Waals surface area contributed by atoms with Crippen LogP contribution in [0.4, 0.5) is 0 Å². The summed E-state index contributed by atoms with van der Waals surface area (Å²) in [5.41, 5.74) is 0. The van der Waals surface area contributed by atoms with Crippen LogP contribution in [0.25, 0.3) is 0 Å². The van der Waals surface area contributed by atoms with Crippen LogP contribution in [0.2, 0.25) is 0 Å². The van der Waals surface area contributed by atoms with Crippen LogP contribution in [-0.2, 0) is 4.74 Å². The van der Waals surface area contributed by atoms with Gasteiger partial charge in [-0.25, -0.2) is 0 Å². The second kappa shape index (κ2) is 6.68. The number of nitrogens with one attached hydrogen (secondary N) is 1. The lowest BCUT2D eigenvalue weighted by molar-refractivity contribution is 0.0544. The van der Waals surface area contributed by atoms with E-state index in [1.807, 2.05) is 11.8 Å². The quantitative estimate of drug-likeness (QED) is 0.735. The molecule has 0 aliphatic carbocycles. The third kappa shape index (κ3) is 3.88. The summed E-state index contributed by atoms with van der Waals surface area (Å²) in [6.45, 7) is 1.92. The van der Waals surface area contributed by atoms with E-state index in [1.165, 1.54) is 25.0 Å². The predicted molar refractivity (Wildman–Crippen MR) is 59.4 cm³/mol. The Kier molecular flexibility index (Phi) is 5.83. The van der Waals surface area contributed by atoms with E-state index in [2.05, 4.69) is 18.6 Å². The summed E-state index contributed by atoms with van der Waals surface area (Å²) in [6.07, 6.45) is 5.94. The Morgan fingerprint density at radius 1 is 1.46 bits per heavy atom. The highest BCUT2D eigenvalue weighted by Gasteiger charge is 2.21. The van der Waals surface area contributed by atoms with Crippen LogP contribution in [0.3, 0.4) is 0 Å². The number of thioether (sulfide) groups is 1. The average Bonchev–Trinajstić information content (AvgIpc) is 2.21. The van der Waals surface area contributed by atoms with Gasteiger partial charge in [-0.2, -0.15) is 11.8 Å². The molecule has 1 rings (SSSR count). The molecule has 1 N–H and O–H groups in total. The van der Waals surface area contributed by atoms with Gasteiger partial charge in [-0.05, 0) is 44.2 Å². The summed E-state index contributed by atoms with van der Waals surface area (Å²) in [6, 6.07) is 0.705. The van der Waals surface area contributed by atoms with Gasteiger partial charge in [-0.15, -0.1) is 0 Å². The molecule has 1 unspecified atom stereocenters. The van der Waals surface area contributed by atoms with Crippen molar-refractivity contribution < 1.29 is 4.74 Å². The Hall–Kier alpha value is 0.270. The van der Waals surface area contributed by atoms with Crippen molar-refractivity contribution in [2.75, 3.05) is 32.3 Å². The number of rotatable bonds is 5. The maximum Gasteiger partial charge on any atom is 0.0469 e. The monoisotopic (exact) mass is 203 g/mol. The Labute approximate surface area is 85.8 Å². The SMILES string of the molecule is CNC(CCSC)C1CCOCC1. The standard InChI is InChI=1S/C10H21NOS/c1-11-10(5-8-13-2)9-3-6-12-7-4-9/h9-11H,3-8H2,1-2H3. The van der Waals surface area contributed by atoms with Gasteiger partial charge in [-0.3, -0.25) is 0 Å². The Morgan fingerprint density at radius 3 is 2.69 bits per heavy atom. The van der Waals surface area contributed by atoms with Gasteiger partial charge in [0.05, 0.1) is 0 Å². The molecule has 0 aromatic heterocycles. The second-order valence-electron chi connectivity index (χ2n) is 3.63. The Bertz CT molecular complexity index is 126. The van der Waals surface area contributed by atoms with Crippen molar-refractivity contribution in [2.24, 2.45) is 5.92 Å². The zero-order valence-corrected chi connectivity index (χ0v) is 9.53. The summed E-state index contributed by atoms with van der Waals surface area (Å²) in [5.74, 6) is 2.11. The minimum Gasteiger partial charge on any atom is -0.381 e. The molecule has 1 atom stereocenters. The summed E-state index contributed by atoms with van der Waals surface area (Å²) in [5, 5.41) is 3.44. The fourth-order valence-electron chi connectivity index (χ4n) is 1.98. The topological polar surface area (TPSA) is 21.3 Å². The summed E-state index contributed by atoms with van der Waals surface area (Å²) < 4.78 is 5.37. The highest BCUT2D eigenvalue weighted by Crippen LogP contribution is 2.21. The van der Waals surface area contributed by atoms with Crippen LogP contribution in [0.5, 0.6) is 0 Å². The van der Waals surface area contributed by atoms with Crippen molar-refractivity contribution in [1.29, 1.82) is 0 Å². The van der Waals surface area contributed by atoms with Gasteiger partial charge in [0.1, 0.15) is 0 Å². The van der Waals surface area contributed by atoms with Crippen molar-refractivity contribution in [3.63, 3.8) is 0 Å². The maximum atomic E-state index is 5.37. The predicted octanol–water partition coefficient (Wildman–Crippen LogP) is 1.75. The van der Waals surface area contributed by atoms with Crippen molar-refractivity contribution in [1.82, 2.24) is 5.32 Å². The molecule has 1 aliphatic rings. The molecule has 0 bridgehead atoms. The molecule has 1 fully saturated rings. The molecule has 2 nitrogen and oxygen atoms in total. The smallest absolute Gasteiger partial charge is 0.0469 e. The molecule has 1 saturated heterocycles. The van der Waals surface area contributed by atoms with Crippen molar-refractivity contribution in [2.45, 2.75) is 25.3 Å². The fraction of sp³-hybridized carbons (Fsp3) is 1.00. The summed E-state index contributed by atoms with van der Waals surface area (Å²) in [4.78, 5) is 0. The lowest BCUT2D eigenvalue weighted by Crippen LogP contribution is -2.37. The maximum absolute atomic E-state index is 5.37. The number of ether oxygens (including phenoxy) is 1. The van der Waals surface area contributed by atoms with Crippen molar-refractivity contribution in [3.8, 4) is 0 Å². The van der Waals surface area contributed by atoms with E-state index < -0.39 is 0 Å². The lowest BCUT2D eigenvalue weighted by Gasteiger charge is -2.29. The van der Waals surface area contributed by atoms with Gasteiger partial charge in [-0.1, -0.05) is 0 Å². The third-order valence-corrected chi connectivity index (χ3v) is 3.48. The molecule has 1 aliphatic heterocycles. The first-order valence-corrected chi connectivity index (χ1v) is 6.51. The van der Waals surface area contributed by atoms with Gasteiger partial charge in [0.25, 0.3) is 0 Å². The van der Waals surface area contributed by atoms with Crippen molar-refractivity contribution in [3.05, 3.63) is 0 Å². The molecule has 1 heterocycles.